The van der Waals surface area contributed by atoms with Gasteiger partial charge in [0, 0.05) is 18.5 Å². The Morgan fingerprint density at radius 2 is 2.22 bits per heavy atom. The van der Waals surface area contributed by atoms with Crippen LogP contribution in [0, 0.1) is 19.3 Å². The van der Waals surface area contributed by atoms with Gasteiger partial charge in [-0.3, -0.25) is 5.41 Å². The molecule has 0 saturated heterocycles. The highest BCUT2D eigenvalue weighted by molar-refractivity contribution is 7.13. The highest BCUT2D eigenvalue weighted by Gasteiger charge is 2.30. The molecule has 0 radical (unpaired) electrons. The number of aliphatic hydroxyl groups excluding tert-OH is 1. The first-order chi connectivity index (χ1) is 8.54. The number of aryl methyl sites for hydroxylation is 2. The summed E-state index contributed by atoms with van der Waals surface area (Å²) < 4.78 is 5.00. The minimum atomic E-state index is 0.227. The van der Waals surface area contributed by atoms with E-state index in [4.69, 9.17) is 10.1 Å². The van der Waals surface area contributed by atoms with Crippen molar-refractivity contribution in [3.05, 3.63) is 21.3 Å². The van der Waals surface area contributed by atoms with Crippen LogP contribution in [0.1, 0.15) is 15.6 Å². The van der Waals surface area contributed by atoms with E-state index in [0.29, 0.717) is 31.1 Å². The van der Waals surface area contributed by atoms with E-state index in [-0.39, 0.29) is 5.76 Å². The molecular weight excluding hydrogens is 250 g/mol. The van der Waals surface area contributed by atoms with E-state index in [0.717, 1.165) is 15.6 Å². The average Bonchev–Trinajstić information content (AvgIpc) is 2.78. The second kappa shape index (κ2) is 5.07. The molecule has 0 fully saturated rings. The van der Waals surface area contributed by atoms with E-state index < -0.39 is 0 Å². The third-order valence-corrected chi connectivity index (χ3v) is 4.08. The largest absolute Gasteiger partial charge is 0.510 e. The van der Waals surface area contributed by atoms with Crippen molar-refractivity contribution in [1.82, 2.24) is 9.88 Å². The van der Waals surface area contributed by atoms with Crippen LogP contribution in [-0.2, 0) is 4.74 Å². The number of hydrogen-bond donors (Lipinski definition) is 2. The lowest BCUT2D eigenvalue weighted by Gasteiger charge is -2.17. The van der Waals surface area contributed by atoms with Crippen molar-refractivity contribution in [1.29, 1.82) is 5.41 Å². The Kier molecular flexibility index (Phi) is 3.68. The van der Waals surface area contributed by atoms with Crippen LogP contribution >= 0.6 is 11.3 Å². The third kappa shape index (κ3) is 2.26. The van der Waals surface area contributed by atoms with E-state index in [2.05, 4.69) is 4.98 Å². The number of amidine groups is 1. The van der Waals surface area contributed by atoms with Crippen molar-refractivity contribution in [2.45, 2.75) is 13.8 Å². The fourth-order valence-electron chi connectivity index (χ4n) is 1.83. The highest BCUT2D eigenvalue weighted by atomic mass is 32.1. The molecular formula is C12H17N3O2S. The van der Waals surface area contributed by atoms with Gasteiger partial charge in [-0.15, -0.1) is 11.3 Å². The van der Waals surface area contributed by atoms with Crippen LogP contribution < -0.4 is 0 Å². The number of aromatic nitrogens is 1. The molecule has 0 aliphatic carbocycles. The SMILES string of the molecule is COCCN1CC(O)=C(c2nc(C)c(C)s2)C1=N. The van der Waals surface area contributed by atoms with Crippen LogP contribution in [0.5, 0.6) is 0 Å². The minimum absolute atomic E-state index is 0.227. The van der Waals surface area contributed by atoms with Gasteiger partial charge in [0.15, 0.2) is 0 Å². The quantitative estimate of drug-likeness (QED) is 0.875. The molecule has 2 rings (SSSR count). The summed E-state index contributed by atoms with van der Waals surface area (Å²) >= 11 is 1.52. The van der Waals surface area contributed by atoms with E-state index in [1.165, 1.54) is 11.3 Å². The Hall–Kier alpha value is -1.40. The van der Waals surface area contributed by atoms with Gasteiger partial charge in [0.25, 0.3) is 0 Å². The number of thiazole rings is 1. The van der Waals surface area contributed by atoms with Gasteiger partial charge < -0.3 is 14.7 Å². The number of rotatable bonds is 4. The topological polar surface area (TPSA) is 69.4 Å². The first kappa shape index (κ1) is 13.0. The summed E-state index contributed by atoms with van der Waals surface area (Å²) in [7, 11) is 1.63. The average molecular weight is 267 g/mol. The fraction of sp³-hybridized carbons (Fsp3) is 0.500. The molecule has 0 atom stereocenters. The predicted molar refractivity (Wildman–Crippen MR) is 72.3 cm³/mol. The van der Waals surface area contributed by atoms with Crippen LogP contribution in [0.25, 0.3) is 5.57 Å². The summed E-state index contributed by atoms with van der Waals surface area (Å²) in [5.74, 6) is 0.558. The molecule has 18 heavy (non-hydrogen) atoms. The van der Waals surface area contributed by atoms with E-state index in [9.17, 15) is 5.11 Å². The summed E-state index contributed by atoms with van der Waals surface area (Å²) in [4.78, 5) is 7.32. The third-order valence-electron chi connectivity index (χ3n) is 2.99. The molecule has 2 N–H and O–H groups in total. The first-order valence-corrected chi connectivity index (χ1v) is 6.55. The molecule has 0 saturated carbocycles. The van der Waals surface area contributed by atoms with Crippen molar-refractivity contribution in [3.63, 3.8) is 0 Å². The van der Waals surface area contributed by atoms with Crippen LogP contribution in [0.3, 0.4) is 0 Å². The van der Waals surface area contributed by atoms with Crippen LogP contribution in [0.15, 0.2) is 5.76 Å². The Balaban J connectivity index is 2.23. The maximum atomic E-state index is 10.0. The summed E-state index contributed by atoms with van der Waals surface area (Å²) in [6.07, 6.45) is 0. The van der Waals surface area contributed by atoms with Crippen molar-refractivity contribution >= 4 is 22.7 Å². The van der Waals surface area contributed by atoms with Crippen LogP contribution in [0.2, 0.25) is 0 Å². The molecule has 6 heteroatoms. The zero-order valence-corrected chi connectivity index (χ0v) is 11.6. The maximum Gasteiger partial charge on any atom is 0.135 e. The van der Waals surface area contributed by atoms with Gasteiger partial charge in [0.1, 0.15) is 16.6 Å². The van der Waals surface area contributed by atoms with Crippen molar-refractivity contribution < 1.29 is 9.84 Å². The zero-order valence-electron chi connectivity index (χ0n) is 10.8. The lowest BCUT2D eigenvalue weighted by atomic mass is 10.2. The molecule has 0 spiro atoms. The lowest BCUT2D eigenvalue weighted by molar-refractivity contribution is 0.177. The second-order valence-electron chi connectivity index (χ2n) is 4.25. The number of hydrogen-bond acceptors (Lipinski definition) is 5. The van der Waals surface area contributed by atoms with E-state index >= 15 is 0 Å². The molecule has 0 amide bonds. The molecule has 2 heterocycles. The van der Waals surface area contributed by atoms with Gasteiger partial charge in [0.2, 0.25) is 0 Å². The van der Waals surface area contributed by atoms with Gasteiger partial charge in [0.05, 0.1) is 24.4 Å². The number of nitrogens with zero attached hydrogens (tertiary/aromatic N) is 2. The molecule has 1 aromatic heterocycles. The van der Waals surface area contributed by atoms with E-state index in [1.807, 2.05) is 13.8 Å². The van der Waals surface area contributed by atoms with Gasteiger partial charge in [-0.2, -0.15) is 0 Å². The summed E-state index contributed by atoms with van der Waals surface area (Å²) in [5.41, 5.74) is 1.52. The molecule has 98 valence electrons. The molecule has 0 aromatic carbocycles. The van der Waals surface area contributed by atoms with Crippen molar-refractivity contribution in [2.24, 2.45) is 0 Å². The zero-order chi connectivity index (χ0) is 13.3. The Labute approximate surface area is 110 Å². The molecule has 1 aliphatic heterocycles. The molecule has 0 bridgehead atoms. The van der Waals surface area contributed by atoms with Crippen molar-refractivity contribution in [3.8, 4) is 0 Å². The minimum Gasteiger partial charge on any atom is -0.510 e. The molecule has 1 aliphatic rings. The summed E-state index contributed by atoms with van der Waals surface area (Å²) in [5, 5.41) is 18.8. The maximum absolute atomic E-state index is 10.0. The van der Waals surface area contributed by atoms with Crippen LogP contribution in [-0.4, -0.2) is 47.6 Å². The fourth-order valence-corrected chi connectivity index (χ4v) is 2.81. The molecule has 5 nitrogen and oxygen atoms in total. The highest BCUT2D eigenvalue weighted by Crippen LogP contribution is 2.31. The van der Waals surface area contributed by atoms with Crippen LogP contribution in [0.4, 0.5) is 0 Å². The number of nitrogens with one attached hydrogen (secondary N) is 1. The van der Waals surface area contributed by atoms with Gasteiger partial charge >= 0.3 is 0 Å². The molecule has 1 aromatic rings. The summed E-state index contributed by atoms with van der Waals surface area (Å²) in [6, 6.07) is 0. The van der Waals surface area contributed by atoms with Gasteiger partial charge in [-0.1, -0.05) is 0 Å². The second-order valence-corrected chi connectivity index (χ2v) is 5.45. The van der Waals surface area contributed by atoms with Gasteiger partial charge in [-0.05, 0) is 13.8 Å². The number of ether oxygens (including phenoxy) is 1. The lowest BCUT2D eigenvalue weighted by Crippen LogP contribution is -2.29. The number of methoxy groups -OCH3 is 1. The smallest absolute Gasteiger partial charge is 0.135 e. The normalized spacial score (nSPS) is 15.9. The summed E-state index contributed by atoms with van der Waals surface area (Å²) in [6.45, 7) is 5.45. The van der Waals surface area contributed by atoms with Crippen molar-refractivity contribution in [2.75, 3.05) is 26.8 Å². The molecule has 0 unspecified atom stereocenters. The number of aliphatic hydroxyl groups is 1. The standard InChI is InChI=1S/C12H17N3O2S/c1-7-8(2)18-12(14-7)10-9(16)6-15(11(10)13)4-5-17-3/h13,16H,4-6H2,1-3H3. The first-order valence-electron chi connectivity index (χ1n) is 5.74. The Morgan fingerprint density at radius 3 is 2.78 bits per heavy atom. The Bertz CT molecular complexity index is 488. The monoisotopic (exact) mass is 267 g/mol. The predicted octanol–water partition coefficient (Wildman–Crippen LogP) is 1.97. The van der Waals surface area contributed by atoms with Gasteiger partial charge in [-0.25, -0.2) is 4.98 Å². The van der Waals surface area contributed by atoms with E-state index in [1.54, 1.807) is 12.0 Å². The Morgan fingerprint density at radius 1 is 1.50 bits per heavy atom.